The van der Waals surface area contributed by atoms with Crippen molar-refractivity contribution in [3.8, 4) is 0 Å². The van der Waals surface area contributed by atoms with Gasteiger partial charge in [0.05, 0.1) is 29.5 Å². The number of hydrogen-bond donors (Lipinski definition) is 3. The maximum Gasteiger partial charge on any atom is 0.303 e. The molecule has 8 nitrogen and oxygen atoms in total. The fourth-order valence-electron chi connectivity index (χ4n) is 2.83. The largest absolute Gasteiger partial charge is 0.481 e. The van der Waals surface area contributed by atoms with Crippen molar-refractivity contribution in [2.45, 2.75) is 44.0 Å². The predicted molar refractivity (Wildman–Crippen MR) is 105 cm³/mol. The first-order chi connectivity index (χ1) is 12.8. The predicted octanol–water partition coefficient (Wildman–Crippen LogP) is 2.19. The van der Waals surface area contributed by atoms with Crippen molar-refractivity contribution in [2.75, 3.05) is 43.5 Å². The Labute approximate surface area is 160 Å². The maximum atomic E-state index is 12.9. The van der Waals surface area contributed by atoms with Crippen LogP contribution in [0.25, 0.3) is 0 Å². The molecule has 1 aromatic rings. The van der Waals surface area contributed by atoms with Crippen molar-refractivity contribution in [1.29, 1.82) is 0 Å². The van der Waals surface area contributed by atoms with E-state index >= 15 is 0 Å². The zero-order valence-electron chi connectivity index (χ0n) is 15.9. The first kappa shape index (κ1) is 21.5. The second-order valence-corrected chi connectivity index (χ2v) is 8.57. The van der Waals surface area contributed by atoms with E-state index in [4.69, 9.17) is 9.84 Å². The molecule has 1 heterocycles. The van der Waals surface area contributed by atoms with Gasteiger partial charge in [0.15, 0.2) is 0 Å². The highest BCUT2D eigenvalue weighted by Crippen LogP contribution is 2.28. The van der Waals surface area contributed by atoms with Crippen molar-refractivity contribution in [2.24, 2.45) is 0 Å². The number of morpholine rings is 1. The molecule has 0 aliphatic carbocycles. The number of nitrogens with one attached hydrogen (secondary N) is 2. The van der Waals surface area contributed by atoms with Crippen molar-refractivity contribution >= 4 is 27.4 Å². The third-order valence-corrected chi connectivity index (χ3v) is 6.25. The molecule has 3 N–H and O–H groups in total. The molecule has 1 aliphatic heterocycles. The summed E-state index contributed by atoms with van der Waals surface area (Å²) < 4.78 is 32.5. The highest BCUT2D eigenvalue weighted by atomic mass is 32.2. The summed E-state index contributed by atoms with van der Waals surface area (Å²) in [6.45, 7) is 6.17. The molecule has 1 unspecified atom stereocenters. The molecule has 27 heavy (non-hydrogen) atoms. The number of rotatable bonds is 10. The van der Waals surface area contributed by atoms with E-state index in [-0.39, 0.29) is 17.4 Å². The molecular weight excluding hydrogens is 370 g/mol. The Balaban J connectivity index is 2.25. The van der Waals surface area contributed by atoms with E-state index in [0.29, 0.717) is 38.4 Å². The summed E-state index contributed by atoms with van der Waals surface area (Å²) in [5, 5.41) is 15.4. The third-order valence-electron chi connectivity index (χ3n) is 4.36. The van der Waals surface area contributed by atoms with Crippen molar-refractivity contribution in [3.05, 3.63) is 18.2 Å². The van der Waals surface area contributed by atoms with Crippen LogP contribution in [-0.4, -0.2) is 62.7 Å². The summed E-state index contributed by atoms with van der Waals surface area (Å²) in [6, 6.07) is 4.88. The zero-order chi connectivity index (χ0) is 19.9. The van der Waals surface area contributed by atoms with Gasteiger partial charge in [0.1, 0.15) is 0 Å². The number of ether oxygens (including phenoxy) is 1. The van der Waals surface area contributed by atoms with Crippen LogP contribution >= 0.6 is 0 Å². The Bertz CT molecular complexity index is 733. The van der Waals surface area contributed by atoms with Gasteiger partial charge in [-0.05, 0) is 38.0 Å². The highest BCUT2D eigenvalue weighted by Gasteiger charge is 2.27. The van der Waals surface area contributed by atoms with Gasteiger partial charge in [0, 0.05) is 32.1 Å². The van der Waals surface area contributed by atoms with E-state index in [1.165, 1.54) is 4.31 Å². The van der Waals surface area contributed by atoms with Crippen LogP contribution in [0.5, 0.6) is 0 Å². The summed E-state index contributed by atoms with van der Waals surface area (Å²) in [5.41, 5.74) is 1.47. The van der Waals surface area contributed by atoms with Crippen molar-refractivity contribution in [1.82, 2.24) is 4.31 Å². The highest BCUT2D eigenvalue weighted by molar-refractivity contribution is 7.89. The molecule has 0 aromatic heterocycles. The van der Waals surface area contributed by atoms with Gasteiger partial charge in [-0.1, -0.05) is 6.92 Å². The molecule has 9 heteroatoms. The van der Waals surface area contributed by atoms with Crippen LogP contribution in [0.2, 0.25) is 0 Å². The number of aliphatic carboxylic acids is 1. The lowest BCUT2D eigenvalue weighted by molar-refractivity contribution is -0.137. The SMILES string of the molecule is CCCNc1ccc(S(=O)(=O)N2CCOCC2)cc1NC(C)CCC(=O)O. The first-order valence-electron chi connectivity index (χ1n) is 9.28. The van der Waals surface area contributed by atoms with Crippen LogP contribution < -0.4 is 10.6 Å². The molecule has 1 fully saturated rings. The number of carboxylic acid groups (broad SMARTS) is 1. The minimum atomic E-state index is -3.59. The van der Waals surface area contributed by atoms with Gasteiger partial charge < -0.3 is 20.5 Å². The zero-order valence-corrected chi connectivity index (χ0v) is 16.7. The van der Waals surface area contributed by atoms with Crippen LogP contribution in [0, 0.1) is 0 Å². The second-order valence-electron chi connectivity index (χ2n) is 6.63. The quantitative estimate of drug-likeness (QED) is 0.553. The average Bonchev–Trinajstić information content (AvgIpc) is 2.66. The summed E-state index contributed by atoms with van der Waals surface area (Å²) in [5.74, 6) is -0.850. The fraction of sp³-hybridized carbons (Fsp3) is 0.611. The Morgan fingerprint density at radius 1 is 1.30 bits per heavy atom. The molecule has 1 aromatic carbocycles. The van der Waals surface area contributed by atoms with Gasteiger partial charge in [-0.15, -0.1) is 0 Å². The molecular formula is C18H29N3O5S. The third kappa shape index (κ3) is 6.08. The van der Waals surface area contributed by atoms with Gasteiger partial charge in [-0.3, -0.25) is 4.79 Å². The summed E-state index contributed by atoms with van der Waals surface area (Å²) in [7, 11) is -3.59. The molecule has 1 aliphatic rings. The number of sulfonamides is 1. The standard InChI is InChI=1S/C18H29N3O5S/c1-3-8-19-16-6-5-15(27(24,25)21-9-11-26-12-10-21)13-17(16)20-14(2)4-7-18(22)23/h5-6,13-14,19-20H,3-4,7-12H2,1-2H3,(H,22,23). The van der Waals surface area contributed by atoms with Gasteiger partial charge in [-0.25, -0.2) is 8.42 Å². The molecule has 152 valence electrons. The number of nitrogens with zero attached hydrogens (tertiary/aromatic N) is 1. The molecule has 0 bridgehead atoms. The number of carbonyl (C=O) groups is 1. The molecule has 1 atom stereocenters. The topological polar surface area (TPSA) is 108 Å². The van der Waals surface area contributed by atoms with Crippen LogP contribution in [0.1, 0.15) is 33.1 Å². The van der Waals surface area contributed by atoms with Gasteiger partial charge >= 0.3 is 5.97 Å². The second kappa shape index (κ2) is 9.91. The lowest BCUT2D eigenvalue weighted by Gasteiger charge is -2.27. The molecule has 0 saturated carbocycles. The normalized spacial score (nSPS) is 16.7. The summed E-state index contributed by atoms with van der Waals surface area (Å²) >= 11 is 0. The van der Waals surface area contributed by atoms with Gasteiger partial charge in [0.25, 0.3) is 0 Å². The average molecular weight is 400 g/mol. The van der Waals surface area contributed by atoms with E-state index in [1.54, 1.807) is 18.2 Å². The van der Waals surface area contributed by atoms with Crippen LogP contribution in [0.4, 0.5) is 11.4 Å². The Kier molecular flexibility index (Phi) is 7.88. The van der Waals surface area contributed by atoms with Crippen molar-refractivity contribution in [3.63, 3.8) is 0 Å². The molecule has 1 saturated heterocycles. The monoisotopic (exact) mass is 399 g/mol. The number of carboxylic acids is 1. The van der Waals surface area contributed by atoms with E-state index < -0.39 is 16.0 Å². The van der Waals surface area contributed by atoms with E-state index in [9.17, 15) is 13.2 Å². The number of hydrogen-bond acceptors (Lipinski definition) is 6. The van der Waals surface area contributed by atoms with Gasteiger partial charge in [0.2, 0.25) is 10.0 Å². The summed E-state index contributed by atoms with van der Waals surface area (Å²) in [6.07, 6.45) is 1.43. The molecule has 0 amide bonds. The summed E-state index contributed by atoms with van der Waals surface area (Å²) in [4.78, 5) is 11.0. The lowest BCUT2D eigenvalue weighted by Crippen LogP contribution is -2.40. The van der Waals surface area contributed by atoms with E-state index in [1.807, 2.05) is 13.8 Å². The number of benzene rings is 1. The molecule has 2 rings (SSSR count). The van der Waals surface area contributed by atoms with Gasteiger partial charge in [-0.2, -0.15) is 4.31 Å². The number of anilines is 2. The van der Waals surface area contributed by atoms with Crippen molar-refractivity contribution < 1.29 is 23.1 Å². The molecule has 0 spiro atoms. The Hall–Kier alpha value is -1.84. The minimum absolute atomic E-state index is 0.0532. The minimum Gasteiger partial charge on any atom is -0.481 e. The fourth-order valence-corrected chi connectivity index (χ4v) is 4.27. The first-order valence-corrected chi connectivity index (χ1v) is 10.7. The molecule has 0 radical (unpaired) electrons. The Morgan fingerprint density at radius 2 is 2.00 bits per heavy atom. The van der Waals surface area contributed by atoms with E-state index in [0.717, 1.165) is 18.7 Å². The lowest BCUT2D eigenvalue weighted by atomic mass is 10.1. The van der Waals surface area contributed by atoms with E-state index in [2.05, 4.69) is 10.6 Å². The maximum absolute atomic E-state index is 12.9. The Morgan fingerprint density at radius 3 is 2.63 bits per heavy atom. The van der Waals surface area contributed by atoms with Crippen LogP contribution in [0.3, 0.4) is 0 Å². The van der Waals surface area contributed by atoms with Crippen LogP contribution in [0.15, 0.2) is 23.1 Å². The van der Waals surface area contributed by atoms with Crippen LogP contribution in [-0.2, 0) is 19.6 Å². The smallest absolute Gasteiger partial charge is 0.303 e.